The largest absolute Gasteiger partial charge is 0.508 e. The predicted molar refractivity (Wildman–Crippen MR) is 79.8 cm³/mol. The third-order valence-electron chi connectivity index (χ3n) is 3.98. The smallest absolute Gasteiger partial charge is 0.318 e. The highest BCUT2D eigenvalue weighted by Crippen LogP contribution is 2.36. The molecule has 2 rings (SSSR count). The Labute approximate surface area is 123 Å². The Balaban J connectivity index is 2.67. The quantitative estimate of drug-likeness (QED) is 0.810. The zero-order valence-corrected chi connectivity index (χ0v) is 12.2. The maximum atomic E-state index is 11.9. The molecule has 0 saturated heterocycles. The molecule has 0 aromatic heterocycles. The van der Waals surface area contributed by atoms with E-state index in [1.807, 2.05) is 0 Å². The van der Waals surface area contributed by atoms with Crippen LogP contribution in [0, 0.1) is 13.8 Å². The van der Waals surface area contributed by atoms with Gasteiger partial charge in [0.2, 0.25) is 0 Å². The van der Waals surface area contributed by atoms with E-state index in [1.165, 1.54) is 12.1 Å². The molecule has 4 heteroatoms. The van der Waals surface area contributed by atoms with Gasteiger partial charge in [0.05, 0.1) is 0 Å². The number of benzene rings is 2. The summed E-state index contributed by atoms with van der Waals surface area (Å²) in [4.78, 5) is 11.9. The average Bonchev–Trinajstić information content (AvgIpc) is 2.43. The third kappa shape index (κ3) is 2.44. The number of rotatable bonds is 3. The monoisotopic (exact) mass is 286 g/mol. The Morgan fingerprint density at radius 3 is 1.57 bits per heavy atom. The Morgan fingerprint density at radius 2 is 1.29 bits per heavy atom. The summed E-state index contributed by atoms with van der Waals surface area (Å²) in [5.41, 5.74) is 1.15. The Bertz CT molecular complexity index is 652. The minimum absolute atomic E-state index is 0.133. The van der Waals surface area contributed by atoms with Gasteiger partial charge in [-0.2, -0.15) is 0 Å². The van der Waals surface area contributed by atoms with Crippen molar-refractivity contribution in [1.82, 2.24) is 0 Å². The van der Waals surface area contributed by atoms with Crippen LogP contribution in [0.1, 0.15) is 29.2 Å². The molecular formula is C17H18O4. The van der Waals surface area contributed by atoms with Gasteiger partial charge in [0.25, 0.3) is 0 Å². The third-order valence-corrected chi connectivity index (χ3v) is 3.98. The summed E-state index contributed by atoms with van der Waals surface area (Å²) >= 11 is 0. The summed E-state index contributed by atoms with van der Waals surface area (Å²) in [5, 5.41) is 29.0. The molecule has 0 heterocycles. The second-order valence-electron chi connectivity index (χ2n) is 5.43. The minimum Gasteiger partial charge on any atom is -0.508 e. The van der Waals surface area contributed by atoms with Crippen molar-refractivity contribution < 1.29 is 20.1 Å². The number of aromatic hydroxyl groups is 2. The van der Waals surface area contributed by atoms with Crippen LogP contribution >= 0.6 is 0 Å². The van der Waals surface area contributed by atoms with Crippen LogP contribution in [-0.4, -0.2) is 21.3 Å². The molecule has 0 fully saturated rings. The van der Waals surface area contributed by atoms with Gasteiger partial charge in [0.1, 0.15) is 16.9 Å². The molecule has 0 aliphatic heterocycles. The van der Waals surface area contributed by atoms with E-state index in [2.05, 4.69) is 0 Å². The van der Waals surface area contributed by atoms with Crippen molar-refractivity contribution in [3.8, 4) is 11.5 Å². The molecule has 0 amide bonds. The Kier molecular flexibility index (Phi) is 3.64. The fourth-order valence-corrected chi connectivity index (χ4v) is 2.35. The van der Waals surface area contributed by atoms with Gasteiger partial charge in [-0.05, 0) is 55.2 Å². The fourth-order valence-electron chi connectivity index (χ4n) is 2.35. The summed E-state index contributed by atoms with van der Waals surface area (Å²) < 4.78 is 0. The lowest BCUT2D eigenvalue weighted by Gasteiger charge is -2.27. The number of aryl methyl sites for hydroxylation is 2. The minimum atomic E-state index is -1.25. The first-order valence-corrected chi connectivity index (χ1v) is 6.60. The van der Waals surface area contributed by atoms with E-state index in [0.29, 0.717) is 22.3 Å². The van der Waals surface area contributed by atoms with Crippen LogP contribution < -0.4 is 0 Å². The van der Waals surface area contributed by atoms with Crippen LogP contribution in [0.2, 0.25) is 0 Å². The van der Waals surface area contributed by atoms with Crippen LogP contribution in [0.5, 0.6) is 11.5 Å². The van der Waals surface area contributed by atoms with E-state index in [4.69, 9.17) is 0 Å². The number of hydrogen-bond donors (Lipinski definition) is 3. The number of carbonyl (C=O) groups is 1. The second-order valence-corrected chi connectivity index (χ2v) is 5.43. The fraction of sp³-hybridized carbons (Fsp3) is 0.235. The van der Waals surface area contributed by atoms with Crippen LogP contribution in [0.3, 0.4) is 0 Å². The topological polar surface area (TPSA) is 77.8 Å². The molecular weight excluding hydrogens is 268 g/mol. The maximum absolute atomic E-state index is 11.9. The van der Waals surface area contributed by atoms with Gasteiger partial charge in [-0.3, -0.25) is 4.79 Å². The number of phenols is 2. The van der Waals surface area contributed by atoms with E-state index in [-0.39, 0.29) is 11.5 Å². The van der Waals surface area contributed by atoms with Crippen molar-refractivity contribution in [1.29, 1.82) is 0 Å². The van der Waals surface area contributed by atoms with Crippen molar-refractivity contribution in [3.05, 3.63) is 58.7 Å². The summed E-state index contributed by atoms with van der Waals surface area (Å²) in [6.07, 6.45) is 0. The van der Waals surface area contributed by atoms with Crippen molar-refractivity contribution in [2.24, 2.45) is 0 Å². The number of carboxylic acid groups (broad SMARTS) is 1. The highest BCUT2D eigenvalue weighted by molar-refractivity contribution is 5.85. The number of hydrogen-bond acceptors (Lipinski definition) is 3. The normalized spacial score (nSPS) is 11.4. The Hall–Kier alpha value is -2.49. The summed E-state index contributed by atoms with van der Waals surface area (Å²) in [7, 11) is 0. The van der Waals surface area contributed by atoms with Gasteiger partial charge >= 0.3 is 5.97 Å². The summed E-state index contributed by atoms with van der Waals surface area (Å²) in [5.74, 6) is -0.723. The van der Waals surface area contributed by atoms with Gasteiger partial charge in [0, 0.05) is 0 Å². The number of carboxylic acids is 1. The standard InChI is InChI=1S/C17H18O4/c1-10-8-12(4-6-14(10)18)17(3,16(20)21)13-5-7-15(19)11(2)9-13/h4-9,18-19H,1-3H3,(H,20,21). The summed E-state index contributed by atoms with van der Waals surface area (Å²) in [6, 6.07) is 9.56. The van der Waals surface area contributed by atoms with Crippen LogP contribution in [0.25, 0.3) is 0 Å². The molecule has 4 nitrogen and oxygen atoms in total. The van der Waals surface area contributed by atoms with Gasteiger partial charge in [-0.15, -0.1) is 0 Å². The molecule has 110 valence electrons. The molecule has 0 bridgehead atoms. The highest BCUT2D eigenvalue weighted by atomic mass is 16.4. The molecule has 21 heavy (non-hydrogen) atoms. The van der Waals surface area contributed by atoms with Crippen LogP contribution in [0.15, 0.2) is 36.4 Å². The van der Waals surface area contributed by atoms with Crippen molar-refractivity contribution >= 4 is 5.97 Å². The maximum Gasteiger partial charge on any atom is 0.318 e. The predicted octanol–water partition coefficient (Wildman–Crippen LogP) is 3.11. The number of aliphatic carboxylic acids is 1. The van der Waals surface area contributed by atoms with Crippen molar-refractivity contribution in [2.45, 2.75) is 26.2 Å². The van der Waals surface area contributed by atoms with Gasteiger partial charge in [0.15, 0.2) is 0 Å². The first-order chi connectivity index (χ1) is 9.76. The van der Waals surface area contributed by atoms with E-state index >= 15 is 0 Å². The second kappa shape index (κ2) is 5.13. The van der Waals surface area contributed by atoms with E-state index in [1.54, 1.807) is 45.0 Å². The van der Waals surface area contributed by atoms with Crippen molar-refractivity contribution in [2.75, 3.05) is 0 Å². The van der Waals surface area contributed by atoms with Crippen molar-refractivity contribution in [3.63, 3.8) is 0 Å². The Morgan fingerprint density at radius 1 is 0.905 bits per heavy atom. The number of phenolic OH excluding ortho intramolecular Hbond substituents is 2. The SMILES string of the molecule is Cc1cc(C(C)(C(=O)O)c2ccc(O)c(C)c2)ccc1O. The molecule has 3 N–H and O–H groups in total. The lowest BCUT2D eigenvalue weighted by Crippen LogP contribution is -2.33. The summed E-state index contributed by atoms with van der Waals surface area (Å²) in [6.45, 7) is 5.07. The van der Waals surface area contributed by atoms with E-state index in [9.17, 15) is 20.1 Å². The molecule has 0 saturated carbocycles. The van der Waals surface area contributed by atoms with Gasteiger partial charge < -0.3 is 15.3 Å². The van der Waals surface area contributed by atoms with E-state index in [0.717, 1.165) is 0 Å². The zero-order valence-electron chi connectivity index (χ0n) is 12.2. The molecule has 2 aromatic rings. The van der Waals surface area contributed by atoms with Crippen LogP contribution in [0.4, 0.5) is 0 Å². The van der Waals surface area contributed by atoms with Crippen LogP contribution in [-0.2, 0) is 10.2 Å². The molecule has 0 aliphatic carbocycles. The molecule has 0 radical (unpaired) electrons. The zero-order chi connectivity index (χ0) is 15.8. The lowest BCUT2D eigenvalue weighted by atomic mass is 9.75. The van der Waals surface area contributed by atoms with Gasteiger partial charge in [-0.25, -0.2) is 0 Å². The van der Waals surface area contributed by atoms with E-state index < -0.39 is 11.4 Å². The molecule has 0 atom stereocenters. The molecule has 0 aliphatic rings. The molecule has 2 aromatic carbocycles. The average molecular weight is 286 g/mol. The lowest BCUT2D eigenvalue weighted by molar-refractivity contribution is -0.141. The van der Waals surface area contributed by atoms with Gasteiger partial charge in [-0.1, -0.05) is 24.3 Å². The molecule has 0 unspecified atom stereocenters. The first-order valence-electron chi connectivity index (χ1n) is 6.60. The highest BCUT2D eigenvalue weighted by Gasteiger charge is 2.37. The molecule has 0 spiro atoms. The first kappa shape index (κ1) is 14.9.